The minimum Gasteiger partial charge on any atom is -0.448 e. The molecule has 0 spiro atoms. The van der Waals surface area contributed by atoms with Crippen LogP contribution in [0.25, 0.3) is 0 Å². The lowest BCUT2D eigenvalue weighted by Crippen LogP contribution is -2.35. The van der Waals surface area contributed by atoms with Gasteiger partial charge in [0.25, 0.3) is 0 Å². The number of hydrogen-bond acceptors (Lipinski definition) is 3. The van der Waals surface area contributed by atoms with Crippen molar-refractivity contribution in [2.24, 2.45) is 5.92 Å². The topological polar surface area (TPSA) is 32.8 Å². The predicted molar refractivity (Wildman–Crippen MR) is 77.4 cm³/mol. The van der Waals surface area contributed by atoms with Crippen LogP contribution in [0.4, 0.5) is 9.18 Å². The molecule has 0 bridgehead atoms. The van der Waals surface area contributed by atoms with Gasteiger partial charge in [0.05, 0.1) is 6.54 Å². The smallest absolute Gasteiger partial charge is 0.409 e. The van der Waals surface area contributed by atoms with Crippen molar-refractivity contribution < 1.29 is 13.9 Å². The Kier molecular flexibility index (Phi) is 4.10. The number of cyclic esters (lactones) is 1. The monoisotopic (exact) mass is 292 g/mol. The van der Waals surface area contributed by atoms with Gasteiger partial charge >= 0.3 is 6.09 Å². The maximum Gasteiger partial charge on any atom is 0.409 e. The van der Waals surface area contributed by atoms with Crippen LogP contribution in [0.15, 0.2) is 24.3 Å². The fourth-order valence-electron chi connectivity index (χ4n) is 3.32. The second-order valence-corrected chi connectivity index (χ2v) is 6.01. The highest BCUT2D eigenvalue weighted by molar-refractivity contribution is 5.69. The van der Waals surface area contributed by atoms with Gasteiger partial charge in [-0.2, -0.15) is 0 Å². The molecule has 2 atom stereocenters. The zero-order valence-electron chi connectivity index (χ0n) is 12.3. The molecule has 114 valence electrons. The first-order valence-corrected chi connectivity index (χ1v) is 7.54. The molecule has 2 aliphatic rings. The fourth-order valence-corrected chi connectivity index (χ4v) is 3.32. The highest BCUT2D eigenvalue weighted by atomic mass is 19.1. The molecule has 2 aliphatic heterocycles. The SMILES string of the molecule is C[C@@H]1C[C@@H](c2cccc(F)c2)N(CCN2CCOC2=O)C1. The van der Waals surface area contributed by atoms with Gasteiger partial charge in [-0.1, -0.05) is 19.1 Å². The standard InChI is InChI=1S/C16H21FN2O2/c1-12-9-15(13-3-2-4-14(17)10-13)19(11-12)6-5-18-7-8-21-16(18)20/h2-4,10,12,15H,5-9,11H2,1H3/t12-,15+/m1/s1. The number of benzene rings is 1. The molecule has 0 aromatic heterocycles. The van der Waals surface area contributed by atoms with Crippen molar-refractivity contribution in [3.05, 3.63) is 35.6 Å². The number of hydrogen-bond donors (Lipinski definition) is 0. The van der Waals surface area contributed by atoms with Crippen molar-refractivity contribution in [2.75, 3.05) is 32.8 Å². The van der Waals surface area contributed by atoms with Crippen LogP contribution in [0.1, 0.15) is 24.9 Å². The Morgan fingerprint density at radius 1 is 1.38 bits per heavy atom. The minimum absolute atomic E-state index is 0.185. The Hall–Kier alpha value is -1.62. The second-order valence-electron chi connectivity index (χ2n) is 6.01. The van der Waals surface area contributed by atoms with Crippen LogP contribution < -0.4 is 0 Å². The summed E-state index contributed by atoms with van der Waals surface area (Å²) in [6.45, 7) is 5.86. The lowest BCUT2D eigenvalue weighted by molar-refractivity contribution is 0.152. The Balaban J connectivity index is 1.66. The van der Waals surface area contributed by atoms with Crippen molar-refractivity contribution in [1.82, 2.24) is 9.80 Å². The Morgan fingerprint density at radius 3 is 2.95 bits per heavy atom. The fraction of sp³-hybridized carbons (Fsp3) is 0.562. The Labute approximate surface area is 124 Å². The molecule has 1 aromatic rings. The molecule has 1 amide bonds. The molecule has 3 rings (SSSR count). The van der Waals surface area contributed by atoms with E-state index in [1.54, 1.807) is 17.0 Å². The van der Waals surface area contributed by atoms with E-state index in [0.29, 0.717) is 25.6 Å². The van der Waals surface area contributed by atoms with Crippen LogP contribution in [0, 0.1) is 11.7 Å². The quantitative estimate of drug-likeness (QED) is 0.855. The first-order chi connectivity index (χ1) is 10.1. The Morgan fingerprint density at radius 2 is 2.24 bits per heavy atom. The molecule has 0 saturated carbocycles. The van der Waals surface area contributed by atoms with E-state index < -0.39 is 0 Å². The molecule has 0 N–H and O–H groups in total. The predicted octanol–water partition coefficient (Wildman–Crippen LogP) is 2.66. The number of ether oxygens (including phenoxy) is 1. The van der Waals surface area contributed by atoms with Crippen LogP contribution in [0.2, 0.25) is 0 Å². The van der Waals surface area contributed by atoms with E-state index >= 15 is 0 Å². The van der Waals surface area contributed by atoms with Crippen LogP contribution >= 0.6 is 0 Å². The summed E-state index contributed by atoms with van der Waals surface area (Å²) >= 11 is 0. The van der Waals surface area contributed by atoms with E-state index in [1.165, 1.54) is 6.07 Å². The molecule has 2 heterocycles. The molecular weight excluding hydrogens is 271 g/mol. The maximum atomic E-state index is 13.4. The molecule has 5 heteroatoms. The van der Waals surface area contributed by atoms with Crippen LogP contribution in [-0.2, 0) is 4.74 Å². The lowest BCUT2D eigenvalue weighted by Gasteiger charge is -2.26. The third-order valence-corrected chi connectivity index (χ3v) is 4.35. The van der Waals surface area contributed by atoms with Crippen molar-refractivity contribution in [2.45, 2.75) is 19.4 Å². The first kappa shape index (κ1) is 14.3. The molecule has 2 saturated heterocycles. The highest BCUT2D eigenvalue weighted by Gasteiger charge is 2.32. The summed E-state index contributed by atoms with van der Waals surface area (Å²) in [6.07, 6.45) is 0.818. The number of halogens is 1. The molecule has 4 nitrogen and oxygen atoms in total. The second kappa shape index (κ2) is 6.02. The van der Waals surface area contributed by atoms with Gasteiger partial charge < -0.3 is 9.64 Å². The summed E-state index contributed by atoms with van der Waals surface area (Å²) in [4.78, 5) is 15.6. The van der Waals surface area contributed by atoms with Crippen LogP contribution in [-0.4, -0.2) is 48.7 Å². The van der Waals surface area contributed by atoms with Gasteiger partial charge in [0.2, 0.25) is 0 Å². The molecule has 0 unspecified atom stereocenters. The third kappa shape index (κ3) is 3.18. The average Bonchev–Trinajstić information content (AvgIpc) is 3.02. The summed E-state index contributed by atoms with van der Waals surface area (Å²) in [7, 11) is 0. The number of amides is 1. The molecule has 1 aromatic carbocycles. The molecule has 2 fully saturated rings. The van der Waals surface area contributed by atoms with E-state index in [-0.39, 0.29) is 18.0 Å². The van der Waals surface area contributed by atoms with E-state index in [1.807, 2.05) is 6.07 Å². The average molecular weight is 292 g/mol. The van der Waals surface area contributed by atoms with Crippen LogP contribution in [0.3, 0.4) is 0 Å². The molecule has 21 heavy (non-hydrogen) atoms. The van der Waals surface area contributed by atoms with Gasteiger partial charge in [-0.3, -0.25) is 4.90 Å². The number of carbonyl (C=O) groups is 1. The summed E-state index contributed by atoms with van der Waals surface area (Å²) in [5.74, 6) is 0.402. The van der Waals surface area contributed by atoms with E-state index in [0.717, 1.165) is 25.1 Å². The number of carbonyl (C=O) groups excluding carboxylic acids is 1. The largest absolute Gasteiger partial charge is 0.448 e. The van der Waals surface area contributed by atoms with Crippen molar-refractivity contribution >= 4 is 6.09 Å². The normalized spacial score (nSPS) is 26.4. The van der Waals surface area contributed by atoms with Gasteiger partial charge in [0, 0.05) is 25.7 Å². The minimum atomic E-state index is -0.218. The number of nitrogens with zero attached hydrogens (tertiary/aromatic N) is 2. The van der Waals surface area contributed by atoms with E-state index in [9.17, 15) is 9.18 Å². The van der Waals surface area contributed by atoms with Gasteiger partial charge in [-0.15, -0.1) is 0 Å². The van der Waals surface area contributed by atoms with Crippen molar-refractivity contribution in [1.29, 1.82) is 0 Å². The van der Waals surface area contributed by atoms with Gasteiger partial charge in [0.15, 0.2) is 0 Å². The number of likely N-dealkylation sites (tertiary alicyclic amines) is 1. The van der Waals surface area contributed by atoms with E-state index in [4.69, 9.17) is 4.74 Å². The van der Waals surface area contributed by atoms with Gasteiger partial charge in [-0.25, -0.2) is 9.18 Å². The van der Waals surface area contributed by atoms with Gasteiger partial charge in [0.1, 0.15) is 12.4 Å². The molecule has 0 aliphatic carbocycles. The number of rotatable bonds is 4. The first-order valence-electron chi connectivity index (χ1n) is 7.54. The van der Waals surface area contributed by atoms with Crippen molar-refractivity contribution in [3.8, 4) is 0 Å². The summed E-state index contributed by atoms with van der Waals surface area (Å²) < 4.78 is 18.4. The summed E-state index contributed by atoms with van der Waals surface area (Å²) in [5, 5.41) is 0. The molecule has 0 radical (unpaired) electrons. The zero-order chi connectivity index (χ0) is 14.8. The highest BCUT2D eigenvalue weighted by Crippen LogP contribution is 2.35. The van der Waals surface area contributed by atoms with Gasteiger partial charge in [-0.05, 0) is 30.0 Å². The summed E-state index contributed by atoms with van der Waals surface area (Å²) in [5.41, 5.74) is 1.03. The lowest BCUT2D eigenvalue weighted by atomic mass is 10.0. The molecular formula is C16H21FN2O2. The van der Waals surface area contributed by atoms with Crippen molar-refractivity contribution in [3.63, 3.8) is 0 Å². The van der Waals surface area contributed by atoms with E-state index in [2.05, 4.69) is 11.8 Å². The van der Waals surface area contributed by atoms with Crippen LogP contribution in [0.5, 0.6) is 0 Å². The third-order valence-electron chi connectivity index (χ3n) is 4.35. The Bertz CT molecular complexity index is 523. The summed E-state index contributed by atoms with van der Waals surface area (Å²) in [6, 6.07) is 7.10. The maximum absolute atomic E-state index is 13.4. The zero-order valence-corrected chi connectivity index (χ0v) is 12.3.